The lowest BCUT2D eigenvalue weighted by atomic mass is 10.2. The Morgan fingerprint density at radius 1 is 1.14 bits per heavy atom. The van der Waals surface area contributed by atoms with E-state index in [9.17, 15) is 13.2 Å². The Morgan fingerprint density at radius 2 is 1.81 bits per heavy atom. The van der Waals surface area contributed by atoms with E-state index in [0.29, 0.717) is 11.5 Å². The van der Waals surface area contributed by atoms with Gasteiger partial charge in [0.2, 0.25) is 5.95 Å². The second kappa shape index (κ2) is 6.29. The van der Waals surface area contributed by atoms with Gasteiger partial charge >= 0.3 is 6.36 Å². The van der Waals surface area contributed by atoms with Crippen molar-refractivity contribution < 1.29 is 22.6 Å². The maximum Gasteiger partial charge on any atom is 0.573 e. The van der Waals surface area contributed by atoms with Gasteiger partial charge in [0.1, 0.15) is 11.5 Å². The average molecular weight is 298 g/mol. The first-order valence-corrected chi connectivity index (χ1v) is 5.82. The van der Waals surface area contributed by atoms with Gasteiger partial charge in [-0.05, 0) is 17.7 Å². The minimum absolute atomic E-state index is 0.218. The zero-order valence-electron chi connectivity index (χ0n) is 10.9. The highest BCUT2D eigenvalue weighted by atomic mass is 19.4. The molecule has 0 aliphatic rings. The summed E-state index contributed by atoms with van der Waals surface area (Å²) in [5.41, 5.74) is 0.532. The third-order valence-electron chi connectivity index (χ3n) is 2.38. The first-order chi connectivity index (χ1) is 9.96. The summed E-state index contributed by atoms with van der Waals surface area (Å²) < 4.78 is 45.6. The number of aromatic nitrogens is 2. The van der Waals surface area contributed by atoms with Gasteiger partial charge < -0.3 is 14.8 Å². The molecule has 0 spiro atoms. The number of hydrogen-bond acceptors (Lipinski definition) is 5. The van der Waals surface area contributed by atoms with Crippen LogP contribution >= 0.6 is 0 Å². The van der Waals surface area contributed by atoms with E-state index < -0.39 is 6.36 Å². The second-order valence-corrected chi connectivity index (χ2v) is 3.92. The van der Waals surface area contributed by atoms with Crippen LogP contribution in [0.4, 0.5) is 19.1 Å². The molecule has 0 bridgehead atoms. The maximum atomic E-state index is 12.3. The SMILES string of the molecule is COc1cc(CNc2nc[c]cn2)cc(OC(F)(F)F)c1. The summed E-state index contributed by atoms with van der Waals surface area (Å²) in [5.74, 6) is 0.256. The van der Waals surface area contributed by atoms with Crippen molar-refractivity contribution in [3.05, 3.63) is 42.2 Å². The Balaban J connectivity index is 2.13. The van der Waals surface area contributed by atoms with Crippen LogP contribution < -0.4 is 14.8 Å². The van der Waals surface area contributed by atoms with Crippen molar-refractivity contribution in [2.24, 2.45) is 0 Å². The van der Waals surface area contributed by atoms with Gasteiger partial charge in [-0.3, -0.25) is 0 Å². The number of benzene rings is 1. The number of methoxy groups -OCH3 is 1. The second-order valence-electron chi connectivity index (χ2n) is 3.92. The summed E-state index contributed by atoms with van der Waals surface area (Å²) in [7, 11) is 1.36. The fourth-order valence-electron chi connectivity index (χ4n) is 1.58. The van der Waals surface area contributed by atoms with E-state index in [-0.39, 0.29) is 18.0 Å². The highest BCUT2D eigenvalue weighted by Crippen LogP contribution is 2.28. The van der Waals surface area contributed by atoms with Crippen LogP contribution in [0.2, 0.25) is 0 Å². The van der Waals surface area contributed by atoms with Crippen LogP contribution in [0.25, 0.3) is 0 Å². The lowest BCUT2D eigenvalue weighted by molar-refractivity contribution is -0.274. The Kier molecular flexibility index (Phi) is 4.46. The van der Waals surface area contributed by atoms with Crippen LogP contribution in [0.15, 0.2) is 30.6 Å². The Hall–Kier alpha value is -2.51. The summed E-state index contributed by atoms with van der Waals surface area (Å²) in [6, 6.07) is 6.67. The summed E-state index contributed by atoms with van der Waals surface area (Å²) >= 11 is 0. The van der Waals surface area contributed by atoms with E-state index in [4.69, 9.17) is 4.74 Å². The molecular formula is C13H11F3N3O2. The summed E-state index contributed by atoms with van der Waals surface area (Å²) in [6.07, 6.45) is -1.90. The van der Waals surface area contributed by atoms with E-state index in [1.807, 2.05) is 0 Å². The fraction of sp³-hybridized carbons (Fsp3) is 0.231. The number of ether oxygens (including phenoxy) is 2. The zero-order chi connectivity index (χ0) is 15.3. The van der Waals surface area contributed by atoms with Crippen LogP contribution in [0.5, 0.6) is 11.5 Å². The van der Waals surface area contributed by atoms with Gasteiger partial charge in [-0.1, -0.05) is 0 Å². The lowest BCUT2D eigenvalue weighted by Crippen LogP contribution is -2.17. The first kappa shape index (κ1) is 14.9. The molecule has 0 saturated heterocycles. The number of anilines is 1. The van der Waals surface area contributed by atoms with Gasteiger partial charge in [0.05, 0.1) is 7.11 Å². The Bertz CT molecular complexity index is 591. The molecule has 1 aromatic carbocycles. The topological polar surface area (TPSA) is 56.3 Å². The minimum Gasteiger partial charge on any atom is -0.497 e. The lowest BCUT2D eigenvalue weighted by Gasteiger charge is -2.12. The van der Waals surface area contributed by atoms with Gasteiger partial charge in [0, 0.05) is 31.1 Å². The predicted octanol–water partition coefficient (Wildman–Crippen LogP) is 2.80. The van der Waals surface area contributed by atoms with Crippen LogP contribution in [0.3, 0.4) is 0 Å². The quantitative estimate of drug-likeness (QED) is 0.920. The van der Waals surface area contributed by atoms with Crippen molar-refractivity contribution in [2.45, 2.75) is 12.9 Å². The molecule has 8 heteroatoms. The smallest absolute Gasteiger partial charge is 0.497 e. The third-order valence-corrected chi connectivity index (χ3v) is 2.38. The van der Waals surface area contributed by atoms with E-state index in [2.05, 4.69) is 26.1 Å². The highest BCUT2D eigenvalue weighted by molar-refractivity contribution is 5.40. The van der Waals surface area contributed by atoms with Crippen molar-refractivity contribution in [2.75, 3.05) is 12.4 Å². The monoisotopic (exact) mass is 298 g/mol. The summed E-state index contributed by atoms with van der Waals surface area (Å²) in [6.45, 7) is 0.218. The van der Waals surface area contributed by atoms with E-state index in [1.54, 1.807) is 6.07 Å². The molecule has 0 aliphatic heterocycles. The average Bonchev–Trinajstić information content (AvgIpc) is 2.44. The molecule has 21 heavy (non-hydrogen) atoms. The van der Waals surface area contributed by atoms with Crippen molar-refractivity contribution in [1.82, 2.24) is 9.97 Å². The van der Waals surface area contributed by atoms with Crippen LogP contribution in [0, 0.1) is 6.07 Å². The predicted molar refractivity (Wildman–Crippen MR) is 67.9 cm³/mol. The standard InChI is InChI=1S/C13H11F3N3O2/c1-20-10-5-9(6-11(7-10)21-13(14,15)16)8-19-12-17-3-2-4-18-12/h3-7H,8H2,1H3,(H,17,18,19). The molecule has 1 heterocycles. The fourth-order valence-corrected chi connectivity index (χ4v) is 1.58. The molecule has 0 fully saturated rings. The summed E-state index contributed by atoms with van der Waals surface area (Å²) in [5, 5.41) is 2.87. The molecule has 2 aromatic rings. The maximum absolute atomic E-state index is 12.3. The highest BCUT2D eigenvalue weighted by Gasteiger charge is 2.31. The number of halogens is 3. The normalized spacial score (nSPS) is 11.0. The number of alkyl halides is 3. The van der Waals surface area contributed by atoms with Crippen molar-refractivity contribution in [3.63, 3.8) is 0 Å². The van der Waals surface area contributed by atoms with Crippen LogP contribution in [-0.4, -0.2) is 23.4 Å². The van der Waals surface area contributed by atoms with Crippen LogP contribution in [0.1, 0.15) is 5.56 Å². The molecule has 0 unspecified atom stereocenters. The molecule has 111 valence electrons. The molecule has 2 rings (SSSR count). The van der Waals surface area contributed by atoms with E-state index in [1.165, 1.54) is 25.6 Å². The zero-order valence-corrected chi connectivity index (χ0v) is 10.9. The van der Waals surface area contributed by atoms with Crippen molar-refractivity contribution in [1.29, 1.82) is 0 Å². The third kappa shape index (κ3) is 4.83. The van der Waals surface area contributed by atoms with Gasteiger partial charge in [0.15, 0.2) is 0 Å². The molecule has 0 aliphatic carbocycles. The largest absolute Gasteiger partial charge is 0.573 e. The van der Waals surface area contributed by atoms with Crippen LogP contribution in [-0.2, 0) is 6.54 Å². The van der Waals surface area contributed by atoms with Crippen molar-refractivity contribution in [3.8, 4) is 11.5 Å². The molecule has 5 nitrogen and oxygen atoms in total. The molecule has 1 radical (unpaired) electrons. The molecule has 1 aromatic heterocycles. The molecule has 0 atom stereocenters. The number of nitrogens with one attached hydrogen (secondary N) is 1. The van der Waals surface area contributed by atoms with Gasteiger partial charge in [-0.15, -0.1) is 13.2 Å². The minimum atomic E-state index is -4.75. The molecule has 1 N–H and O–H groups in total. The number of hydrogen-bond donors (Lipinski definition) is 1. The van der Waals surface area contributed by atoms with E-state index >= 15 is 0 Å². The van der Waals surface area contributed by atoms with E-state index in [0.717, 1.165) is 6.07 Å². The molecule has 0 amide bonds. The van der Waals surface area contributed by atoms with Crippen molar-refractivity contribution >= 4 is 5.95 Å². The first-order valence-electron chi connectivity index (χ1n) is 5.82. The molecular weight excluding hydrogens is 287 g/mol. The number of rotatable bonds is 5. The Labute approximate surface area is 118 Å². The summed E-state index contributed by atoms with van der Waals surface area (Å²) in [4.78, 5) is 7.80. The van der Waals surface area contributed by atoms with Gasteiger partial charge in [-0.25, -0.2) is 9.97 Å². The number of nitrogens with zero attached hydrogens (tertiary/aromatic N) is 2. The molecule has 0 saturated carbocycles. The Morgan fingerprint density at radius 3 is 2.43 bits per heavy atom. The van der Waals surface area contributed by atoms with Gasteiger partial charge in [0.25, 0.3) is 0 Å². The van der Waals surface area contributed by atoms with Gasteiger partial charge in [-0.2, -0.15) is 0 Å².